The quantitative estimate of drug-likeness (QED) is 0.196. The maximum atomic E-state index is 13.1. The molecule has 6 nitrogen and oxygen atoms in total. The summed E-state index contributed by atoms with van der Waals surface area (Å²) in [6.45, 7) is 0. The van der Waals surface area contributed by atoms with Crippen molar-refractivity contribution in [1.29, 1.82) is 15.8 Å². The molecule has 2 aliphatic rings. The summed E-state index contributed by atoms with van der Waals surface area (Å²) in [7, 11) is 1.46. The van der Waals surface area contributed by atoms with Crippen molar-refractivity contribution in [1.82, 2.24) is 5.32 Å². The molecule has 3 aromatic rings. The number of ether oxygens (including phenoxy) is 2. The molecule has 0 aliphatic heterocycles. The minimum Gasteiger partial charge on any atom is -0.406 e. The fourth-order valence-electron chi connectivity index (χ4n) is 5.06. The Labute approximate surface area is 222 Å². The summed E-state index contributed by atoms with van der Waals surface area (Å²) in [6, 6.07) is 15.7. The first-order valence-corrected chi connectivity index (χ1v) is 11.3. The Morgan fingerprint density at radius 3 is 1.62 bits per heavy atom. The standard InChI is InChI=1S/C28H12F6N4O2/c1-38-22(12-37)25-16-4-2-14(39-27(29,30)31)8-20(16)17-6-7-19-23(13(10-35)11-36)18-5-3-15(40-28(32,33)34)9-21(18)24(19)26(17)25/h2-9,38H,1H3/b25-22+. The normalized spacial score (nSPS) is 14.1. The van der Waals surface area contributed by atoms with Gasteiger partial charge < -0.3 is 14.8 Å². The predicted molar refractivity (Wildman–Crippen MR) is 129 cm³/mol. The van der Waals surface area contributed by atoms with Gasteiger partial charge in [0.1, 0.15) is 41.0 Å². The monoisotopic (exact) mass is 550 g/mol. The molecule has 40 heavy (non-hydrogen) atoms. The summed E-state index contributed by atoms with van der Waals surface area (Å²) in [5, 5.41) is 31.9. The van der Waals surface area contributed by atoms with Crippen LogP contribution in [0, 0.1) is 34.0 Å². The first-order chi connectivity index (χ1) is 18.9. The van der Waals surface area contributed by atoms with Crippen LogP contribution in [0.2, 0.25) is 0 Å². The lowest BCUT2D eigenvalue weighted by Gasteiger charge is -2.14. The van der Waals surface area contributed by atoms with Gasteiger partial charge in [0.05, 0.1) is 0 Å². The number of rotatable bonds is 3. The zero-order valence-corrected chi connectivity index (χ0v) is 20.0. The van der Waals surface area contributed by atoms with Gasteiger partial charge in [0.2, 0.25) is 0 Å². The summed E-state index contributed by atoms with van der Waals surface area (Å²) in [6.07, 6.45) is -9.97. The van der Waals surface area contributed by atoms with Crippen LogP contribution in [0.3, 0.4) is 0 Å². The largest absolute Gasteiger partial charge is 0.573 e. The molecular weight excluding hydrogens is 538 g/mol. The molecule has 198 valence electrons. The number of allylic oxidation sites excluding steroid dienone is 2. The van der Waals surface area contributed by atoms with Gasteiger partial charge in [0, 0.05) is 23.8 Å². The highest BCUT2D eigenvalue weighted by molar-refractivity contribution is 6.15. The highest BCUT2D eigenvalue weighted by Crippen LogP contribution is 2.57. The third-order valence-electron chi connectivity index (χ3n) is 6.36. The van der Waals surface area contributed by atoms with E-state index >= 15 is 0 Å². The van der Waals surface area contributed by atoms with E-state index in [-0.39, 0.29) is 44.7 Å². The molecule has 0 unspecified atom stereocenters. The van der Waals surface area contributed by atoms with Crippen LogP contribution in [0.15, 0.2) is 59.8 Å². The van der Waals surface area contributed by atoms with Crippen LogP contribution in [0.25, 0.3) is 33.4 Å². The number of alkyl halides is 6. The Kier molecular flexibility index (Phi) is 5.97. The van der Waals surface area contributed by atoms with E-state index in [9.17, 15) is 42.1 Å². The van der Waals surface area contributed by atoms with Gasteiger partial charge in [-0.25, -0.2) is 0 Å². The maximum absolute atomic E-state index is 13.1. The minimum atomic E-state index is -5.01. The number of halogens is 6. The van der Waals surface area contributed by atoms with E-state index in [0.29, 0.717) is 22.3 Å². The summed E-state index contributed by atoms with van der Waals surface area (Å²) in [5.41, 5.74) is 2.54. The number of nitrogens with zero attached hydrogens (tertiary/aromatic N) is 3. The zero-order chi connectivity index (χ0) is 29.0. The topological polar surface area (TPSA) is 102 Å². The lowest BCUT2D eigenvalue weighted by Crippen LogP contribution is -2.17. The van der Waals surface area contributed by atoms with Crippen LogP contribution in [-0.4, -0.2) is 19.8 Å². The fraction of sp³-hybridized carbons (Fsp3) is 0.107. The average molecular weight is 550 g/mol. The number of hydrogen-bond donors (Lipinski definition) is 1. The third-order valence-corrected chi connectivity index (χ3v) is 6.36. The summed E-state index contributed by atoms with van der Waals surface area (Å²) in [5.74, 6) is -1.08. The van der Waals surface area contributed by atoms with Gasteiger partial charge in [0.25, 0.3) is 0 Å². The minimum absolute atomic E-state index is 0.0281. The van der Waals surface area contributed by atoms with Crippen LogP contribution >= 0.6 is 0 Å². The molecule has 0 bridgehead atoms. The summed E-state index contributed by atoms with van der Waals surface area (Å²) < 4.78 is 86.2. The van der Waals surface area contributed by atoms with Gasteiger partial charge in [-0.2, -0.15) is 15.8 Å². The van der Waals surface area contributed by atoms with E-state index in [0.717, 1.165) is 24.3 Å². The van der Waals surface area contributed by atoms with Crippen molar-refractivity contribution >= 4 is 11.1 Å². The Morgan fingerprint density at radius 1 is 0.625 bits per heavy atom. The number of hydrogen-bond acceptors (Lipinski definition) is 6. The average Bonchev–Trinajstić information content (AvgIpc) is 3.37. The predicted octanol–water partition coefficient (Wildman–Crippen LogP) is 6.80. The molecule has 0 radical (unpaired) electrons. The molecule has 2 aliphatic carbocycles. The van der Waals surface area contributed by atoms with E-state index < -0.39 is 24.2 Å². The number of nitrogens with one attached hydrogen (secondary N) is 1. The summed E-state index contributed by atoms with van der Waals surface area (Å²) >= 11 is 0. The van der Waals surface area contributed by atoms with E-state index in [2.05, 4.69) is 14.8 Å². The van der Waals surface area contributed by atoms with Gasteiger partial charge in [-0.15, -0.1) is 26.3 Å². The molecule has 3 aromatic carbocycles. The van der Waals surface area contributed by atoms with Crippen molar-refractivity contribution in [2.24, 2.45) is 0 Å². The highest BCUT2D eigenvalue weighted by atomic mass is 19.4. The molecule has 0 atom stereocenters. The molecule has 0 aromatic heterocycles. The van der Waals surface area contributed by atoms with Gasteiger partial charge in [0.15, 0.2) is 0 Å². The fourth-order valence-corrected chi connectivity index (χ4v) is 5.06. The van der Waals surface area contributed by atoms with Crippen molar-refractivity contribution in [3.8, 4) is 52.0 Å². The number of fused-ring (bicyclic) bond motifs is 7. The number of nitriles is 3. The summed E-state index contributed by atoms with van der Waals surface area (Å²) in [4.78, 5) is 0. The molecule has 0 saturated heterocycles. The molecule has 5 rings (SSSR count). The SMILES string of the molecule is CN/C(C#N)=C1\c2ccc(OC(F)(F)F)cc2-c2ccc3c(c21)-c1cc(OC(F)(F)F)ccc1C3=C(C#N)C#N. The van der Waals surface area contributed by atoms with Crippen molar-refractivity contribution in [2.45, 2.75) is 12.7 Å². The lowest BCUT2D eigenvalue weighted by atomic mass is 9.91. The lowest BCUT2D eigenvalue weighted by molar-refractivity contribution is -0.275. The maximum Gasteiger partial charge on any atom is 0.573 e. The van der Waals surface area contributed by atoms with E-state index in [4.69, 9.17) is 0 Å². The van der Waals surface area contributed by atoms with E-state index in [1.165, 1.54) is 25.2 Å². The van der Waals surface area contributed by atoms with Crippen molar-refractivity contribution in [3.63, 3.8) is 0 Å². The second-order valence-corrected chi connectivity index (χ2v) is 8.51. The van der Waals surface area contributed by atoms with Gasteiger partial charge in [-0.1, -0.05) is 12.1 Å². The highest BCUT2D eigenvalue weighted by Gasteiger charge is 2.38. The van der Waals surface area contributed by atoms with Crippen molar-refractivity contribution in [2.75, 3.05) is 7.05 Å². The Hall–Kier alpha value is -5.41. The first-order valence-electron chi connectivity index (χ1n) is 11.3. The van der Waals surface area contributed by atoms with Crippen LogP contribution in [-0.2, 0) is 0 Å². The zero-order valence-electron chi connectivity index (χ0n) is 20.0. The second kappa shape index (κ2) is 9.11. The molecule has 0 saturated carbocycles. The van der Waals surface area contributed by atoms with Gasteiger partial charge >= 0.3 is 12.7 Å². The molecule has 0 fully saturated rings. The molecular formula is C28H12F6N4O2. The van der Waals surface area contributed by atoms with Gasteiger partial charge in [-0.05, 0) is 75.3 Å². The Balaban J connectivity index is 1.89. The smallest absolute Gasteiger partial charge is 0.406 e. The Bertz CT molecular complexity index is 1780. The van der Waals surface area contributed by atoms with Crippen molar-refractivity contribution in [3.05, 3.63) is 82.1 Å². The van der Waals surface area contributed by atoms with Crippen LogP contribution in [0.4, 0.5) is 26.3 Å². The molecule has 0 spiro atoms. The molecule has 0 heterocycles. The molecule has 0 amide bonds. The van der Waals surface area contributed by atoms with E-state index in [1.807, 2.05) is 6.07 Å². The van der Waals surface area contributed by atoms with E-state index in [1.54, 1.807) is 18.2 Å². The molecule has 1 N–H and O–H groups in total. The van der Waals surface area contributed by atoms with Gasteiger partial charge in [-0.3, -0.25) is 0 Å². The second-order valence-electron chi connectivity index (χ2n) is 8.51. The molecule has 12 heteroatoms. The van der Waals surface area contributed by atoms with Crippen LogP contribution < -0.4 is 14.8 Å². The van der Waals surface area contributed by atoms with Crippen LogP contribution in [0.5, 0.6) is 11.5 Å². The first kappa shape index (κ1) is 26.2. The van der Waals surface area contributed by atoms with Crippen molar-refractivity contribution < 1.29 is 35.8 Å². The third kappa shape index (κ3) is 4.24. The Morgan fingerprint density at radius 2 is 1.12 bits per heavy atom. The van der Waals surface area contributed by atoms with Crippen LogP contribution in [0.1, 0.15) is 22.3 Å². The number of benzene rings is 3.